The molecule has 78 valence electrons. The Morgan fingerprint density at radius 1 is 1.36 bits per heavy atom. The van der Waals surface area contributed by atoms with Gasteiger partial charge in [0.1, 0.15) is 11.6 Å². The van der Waals surface area contributed by atoms with Crippen LogP contribution in [0.5, 0.6) is 5.75 Å². The predicted molar refractivity (Wildman–Crippen MR) is 52.9 cm³/mol. The second kappa shape index (κ2) is 3.58. The molecule has 0 aliphatic heterocycles. The highest BCUT2D eigenvalue weighted by atomic mass is 19.1. The van der Waals surface area contributed by atoms with Crippen LogP contribution in [-0.4, -0.2) is 16.8 Å². The largest absolute Gasteiger partial charge is 0.508 e. The fraction of sp³-hybridized carbons (Fsp3) is 0.455. The molecule has 0 aliphatic carbocycles. The summed E-state index contributed by atoms with van der Waals surface area (Å²) in [7, 11) is 0. The SMILES string of the molecule is Cc1cc(F)c(C(C)(C)CO)cc1O. The minimum Gasteiger partial charge on any atom is -0.508 e. The molecule has 0 heterocycles. The Kier molecular flexibility index (Phi) is 2.81. The van der Waals surface area contributed by atoms with Crippen molar-refractivity contribution in [3.63, 3.8) is 0 Å². The van der Waals surface area contributed by atoms with E-state index >= 15 is 0 Å². The summed E-state index contributed by atoms with van der Waals surface area (Å²) in [6.07, 6.45) is 0. The van der Waals surface area contributed by atoms with Crippen molar-refractivity contribution in [1.29, 1.82) is 0 Å². The Labute approximate surface area is 83.0 Å². The molecular formula is C11H15FO2. The number of phenolic OH excluding ortho intramolecular Hbond substituents is 1. The predicted octanol–water partition coefficient (Wildman–Crippen LogP) is 2.11. The molecule has 3 heteroatoms. The van der Waals surface area contributed by atoms with E-state index in [1.807, 2.05) is 0 Å². The van der Waals surface area contributed by atoms with E-state index in [1.54, 1.807) is 20.8 Å². The Hall–Kier alpha value is -1.09. The van der Waals surface area contributed by atoms with Gasteiger partial charge in [-0.2, -0.15) is 0 Å². The van der Waals surface area contributed by atoms with Crippen molar-refractivity contribution in [2.45, 2.75) is 26.2 Å². The molecule has 0 aromatic heterocycles. The number of aliphatic hydroxyl groups is 1. The number of aliphatic hydroxyl groups excluding tert-OH is 1. The van der Waals surface area contributed by atoms with Gasteiger partial charge in [-0.25, -0.2) is 4.39 Å². The van der Waals surface area contributed by atoms with Crippen molar-refractivity contribution in [3.8, 4) is 5.75 Å². The highest BCUT2D eigenvalue weighted by molar-refractivity contribution is 5.39. The Morgan fingerprint density at radius 2 is 1.93 bits per heavy atom. The van der Waals surface area contributed by atoms with Crippen LogP contribution in [0.1, 0.15) is 25.0 Å². The minimum absolute atomic E-state index is 0.0583. The number of hydrogen-bond donors (Lipinski definition) is 2. The molecule has 2 nitrogen and oxygen atoms in total. The van der Waals surface area contributed by atoms with E-state index in [0.717, 1.165) is 0 Å². The molecule has 1 rings (SSSR count). The zero-order chi connectivity index (χ0) is 10.9. The van der Waals surface area contributed by atoms with Crippen LogP contribution in [0, 0.1) is 12.7 Å². The van der Waals surface area contributed by atoms with Crippen molar-refractivity contribution >= 4 is 0 Å². The fourth-order valence-electron chi connectivity index (χ4n) is 1.27. The van der Waals surface area contributed by atoms with Gasteiger partial charge in [0.15, 0.2) is 0 Å². The highest BCUT2D eigenvalue weighted by Crippen LogP contribution is 2.30. The van der Waals surface area contributed by atoms with Crippen LogP contribution >= 0.6 is 0 Å². The summed E-state index contributed by atoms with van der Waals surface area (Å²) in [5, 5.41) is 18.5. The number of aryl methyl sites for hydroxylation is 1. The van der Waals surface area contributed by atoms with Crippen LogP contribution < -0.4 is 0 Å². The number of aromatic hydroxyl groups is 1. The molecule has 0 aliphatic rings. The Balaban J connectivity index is 3.29. The van der Waals surface area contributed by atoms with E-state index in [9.17, 15) is 9.50 Å². The monoisotopic (exact) mass is 198 g/mol. The van der Waals surface area contributed by atoms with Crippen LogP contribution in [0.4, 0.5) is 4.39 Å². The lowest BCUT2D eigenvalue weighted by molar-refractivity contribution is 0.214. The lowest BCUT2D eigenvalue weighted by Gasteiger charge is -2.23. The van der Waals surface area contributed by atoms with Gasteiger partial charge in [-0.3, -0.25) is 0 Å². The van der Waals surface area contributed by atoms with Crippen LogP contribution in [0.25, 0.3) is 0 Å². The van der Waals surface area contributed by atoms with Gasteiger partial charge < -0.3 is 10.2 Å². The number of phenols is 1. The van der Waals surface area contributed by atoms with Gasteiger partial charge in [0, 0.05) is 5.41 Å². The first kappa shape index (κ1) is 11.0. The number of benzene rings is 1. The van der Waals surface area contributed by atoms with Gasteiger partial charge in [0.25, 0.3) is 0 Å². The third-order valence-electron chi connectivity index (χ3n) is 2.41. The van der Waals surface area contributed by atoms with Gasteiger partial charge in [0.05, 0.1) is 6.61 Å². The first-order chi connectivity index (χ1) is 6.38. The van der Waals surface area contributed by atoms with E-state index in [-0.39, 0.29) is 18.2 Å². The summed E-state index contributed by atoms with van der Waals surface area (Å²) in [4.78, 5) is 0. The topological polar surface area (TPSA) is 40.5 Å². The van der Waals surface area contributed by atoms with Crippen molar-refractivity contribution in [2.75, 3.05) is 6.61 Å². The summed E-state index contributed by atoms with van der Waals surface area (Å²) in [6.45, 7) is 4.92. The molecule has 0 atom stereocenters. The maximum Gasteiger partial charge on any atom is 0.127 e. The minimum atomic E-state index is -0.671. The molecule has 0 amide bonds. The molecule has 1 aromatic rings. The van der Waals surface area contributed by atoms with Crippen molar-refractivity contribution in [1.82, 2.24) is 0 Å². The summed E-state index contributed by atoms with van der Waals surface area (Å²) in [5.74, 6) is -0.331. The first-order valence-electron chi connectivity index (χ1n) is 4.49. The van der Waals surface area contributed by atoms with Crippen LogP contribution in [0.3, 0.4) is 0 Å². The third kappa shape index (κ3) is 1.87. The van der Waals surface area contributed by atoms with E-state index in [0.29, 0.717) is 11.1 Å². The van der Waals surface area contributed by atoms with Crippen LogP contribution in [-0.2, 0) is 5.41 Å². The quantitative estimate of drug-likeness (QED) is 0.764. The smallest absolute Gasteiger partial charge is 0.127 e. The molecular weight excluding hydrogens is 183 g/mol. The summed E-state index contributed by atoms with van der Waals surface area (Å²) in [6, 6.07) is 2.66. The van der Waals surface area contributed by atoms with Gasteiger partial charge in [0.2, 0.25) is 0 Å². The number of hydrogen-bond acceptors (Lipinski definition) is 2. The van der Waals surface area contributed by atoms with Crippen LogP contribution in [0.2, 0.25) is 0 Å². The maximum absolute atomic E-state index is 13.5. The molecule has 0 saturated heterocycles. The average Bonchev–Trinajstić information content (AvgIpc) is 2.11. The molecule has 0 fully saturated rings. The Morgan fingerprint density at radius 3 is 2.43 bits per heavy atom. The zero-order valence-corrected chi connectivity index (χ0v) is 8.63. The molecule has 0 radical (unpaired) electrons. The van der Waals surface area contributed by atoms with Gasteiger partial charge in [-0.15, -0.1) is 0 Å². The molecule has 1 aromatic carbocycles. The fourth-order valence-corrected chi connectivity index (χ4v) is 1.27. The average molecular weight is 198 g/mol. The van der Waals surface area contributed by atoms with Crippen molar-refractivity contribution in [2.24, 2.45) is 0 Å². The maximum atomic E-state index is 13.5. The summed E-state index contributed by atoms with van der Waals surface area (Å²) < 4.78 is 13.5. The second-order valence-electron chi connectivity index (χ2n) is 4.16. The van der Waals surface area contributed by atoms with Gasteiger partial charge >= 0.3 is 0 Å². The molecule has 0 bridgehead atoms. The first-order valence-corrected chi connectivity index (χ1v) is 4.49. The van der Waals surface area contributed by atoms with E-state index < -0.39 is 5.41 Å². The standard InChI is InChI=1S/C11H15FO2/c1-7-4-9(12)8(5-10(7)14)11(2,3)6-13/h4-5,13-14H,6H2,1-3H3. The summed E-state index contributed by atoms with van der Waals surface area (Å²) in [5.41, 5.74) is 0.165. The molecule has 0 spiro atoms. The highest BCUT2D eigenvalue weighted by Gasteiger charge is 2.24. The zero-order valence-electron chi connectivity index (χ0n) is 8.63. The molecule has 14 heavy (non-hydrogen) atoms. The van der Waals surface area contributed by atoms with Crippen LogP contribution in [0.15, 0.2) is 12.1 Å². The van der Waals surface area contributed by atoms with E-state index in [2.05, 4.69) is 0 Å². The lowest BCUT2D eigenvalue weighted by Crippen LogP contribution is -2.23. The van der Waals surface area contributed by atoms with Crippen molar-refractivity contribution < 1.29 is 14.6 Å². The van der Waals surface area contributed by atoms with Crippen molar-refractivity contribution in [3.05, 3.63) is 29.1 Å². The number of rotatable bonds is 2. The van der Waals surface area contributed by atoms with Gasteiger partial charge in [-0.05, 0) is 30.2 Å². The molecule has 2 N–H and O–H groups in total. The summed E-state index contributed by atoms with van der Waals surface area (Å²) >= 11 is 0. The molecule has 0 saturated carbocycles. The second-order valence-corrected chi connectivity index (χ2v) is 4.16. The van der Waals surface area contributed by atoms with E-state index in [4.69, 9.17) is 5.11 Å². The Bertz CT molecular complexity index is 345. The lowest BCUT2D eigenvalue weighted by atomic mass is 9.84. The third-order valence-corrected chi connectivity index (χ3v) is 2.41. The van der Waals surface area contributed by atoms with E-state index in [1.165, 1.54) is 12.1 Å². The number of halogens is 1. The van der Waals surface area contributed by atoms with Gasteiger partial charge in [-0.1, -0.05) is 13.8 Å². The molecule has 0 unspecified atom stereocenters. The normalized spacial score (nSPS) is 11.8.